The van der Waals surface area contributed by atoms with Crippen molar-refractivity contribution in [3.8, 4) is 11.8 Å². The Bertz CT molecular complexity index is 1060. The zero-order valence-corrected chi connectivity index (χ0v) is 17.8. The van der Waals surface area contributed by atoms with Gasteiger partial charge in [-0.25, -0.2) is 4.79 Å². The van der Waals surface area contributed by atoms with Crippen molar-refractivity contribution in [1.82, 2.24) is 0 Å². The first-order valence-corrected chi connectivity index (χ1v) is 10.3. The number of hydrogen-bond acceptors (Lipinski definition) is 5. The lowest BCUT2D eigenvalue weighted by molar-refractivity contribution is -0.126. The Morgan fingerprint density at radius 2 is 1.56 bits per heavy atom. The van der Waals surface area contributed by atoms with Crippen LogP contribution < -0.4 is 9.64 Å². The lowest BCUT2D eigenvalue weighted by Gasteiger charge is -2.25. The summed E-state index contributed by atoms with van der Waals surface area (Å²) in [6.45, 7) is 2.13. The molecular formula is C26H24N2O4. The first-order chi connectivity index (χ1) is 15.6. The minimum Gasteiger partial charge on any atom is -0.489 e. The molecule has 0 aliphatic heterocycles. The van der Waals surface area contributed by atoms with Gasteiger partial charge in [-0.3, -0.25) is 4.79 Å². The van der Waals surface area contributed by atoms with Crippen LogP contribution in [0.4, 0.5) is 5.69 Å². The Morgan fingerprint density at radius 1 is 0.938 bits per heavy atom. The van der Waals surface area contributed by atoms with Crippen LogP contribution in [0.25, 0.3) is 0 Å². The Labute approximate surface area is 187 Å². The molecular weight excluding hydrogens is 404 g/mol. The van der Waals surface area contributed by atoms with E-state index >= 15 is 0 Å². The second-order valence-electron chi connectivity index (χ2n) is 7.08. The second kappa shape index (κ2) is 11.3. The maximum Gasteiger partial charge on any atom is 0.338 e. The van der Waals surface area contributed by atoms with Crippen LogP contribution in [-0.2, 0) is 16.1 Å². The molecule has 0 spiro atoms. The molecule has 3 aromatic rings. The molecule has 0 N–H and O–H groups in total. The average Bonchev–Trinajstić information content (AvgIpc) is 2.84. The number of hydrogen-bond donors (Lipinski definition) is 0. The Balaban J connectivity index is 1.60. The molecule has 1 atom stereocenters. The van der Waals surface area contributed by atoms with E-state index in [1.807, 2.05) is 54.6 Å². The largest absolute Gasteiger partial charge is 0.489 e. The Kier molecular flexibility index (Phi) is 7.99. The summed E-state index contributed by atoms with van der Waals surface area (Å²) in [5, 5.41) is 8.92. The number of rotatable bonds is 9. The summed E-state index contributed by atoms with van der Waals surface area (Å²) in [5.41, 5.74) is 1.90. The fourth-order valence-corrected chi connectivity index (χ4v) is 3.06. The molecule has 0 saturated heterocycles. The van der Waals surface area contributed by atoms with Gasteiger partial charge in [-0.15, -0.1) is 0 Å². The fraction of sp³-hybridized carbons (Fsp3) is 0.192. The molecule has 3 aromatic carbocycles. The molecule has 0 fully saturated rings. The number of nitrogens with zero attached hydrogens (tertiary/aromatic N) is 2. The van der Waals surface area contributed by atoms with Gasteiger partial charge >= 0.3 is 5.97 Å². The molecule has 1 amide bonds. The topological polar surface area (TPSA) is 79.6 Å². The lowest BCUT2D eigenvalue weighted by Crippen LogP contribution is -2.40. The van der Waals surface area contributed by atoms with E-state index in [0.717, 1.165) is 11.3 Å². The summed E-state index contributed by atoms with van der Waals surface area (Å²) in [6.07, 6.45) is -0.823. The van der Waals surface area contributed by atoms with Crippen LogP contribution in [0, 0.1) is 11.3 Å². The minimum atomic E-state index is -0.998. The Hall–Kier alpha value is -4.11. The third-order valence-electron chi connectivity index (χ3n) is 4.75. The van der Waals surface area contributed by atoms with Gasteiger partial charge in [0.05, 0.1) is 18.1 Å². The summed E-state index contributed by atoms with van der Waals surface area (Å²) in [6, 6.07) is 27.4. The van der Waals surface area contributed by atoms with Crippen LogP contribution in [0.5, 0.6) is 5.75 Å². The Morgan fingerprint density at radius 3 is 2.19 bits per heavy atom. The van der Waals surface area contributed by atoms with Crippen molar-refractivity contribution in [2.24, 2.45) is 0 Å². The number of esters is 1. The quantitative estimate of drug-likeness (QED) is 0.459. The second-order valence-corrected chi connectivity index (χ2v) is 7.08. The fourth-order valence-electron chi connectivity index (χ4n) is 3.06. The molecule has 0 bridgehead atoms. The highest BCUT2D eigenvalue weighted by Crippen LogP contribution is 2.17. The van der Waals surface area contributed by atoms with Gasteiger partial charge in [0.1, 0.15) is 12.4 Å². The first-order valence-electron chi connectivity index (χ1n) is 10.3. The van der Waals surface area contributed by atoms with Crippen LogP contribution in [0.2, 0.25) is 0 Å². The number of benzene rings is 3. The number of amides is 1. The van der Waals surface area contributed by atoms with Crippen molar-refractivity contribution in [1.29, 1.82) is 5.26 Å². The standard InChI is InChI=1S/C26H24N2O4/c1-20(25(29)28(18-8-17-27)23-9-4-2-5-10-23)32-26(30)22-15-13-21(14-16-22)19-31-24-11-6-3-7-12-24/h2-7,9-16,20H,8,18-19H2,1H3. The zero-order valence-electron chi connectivity index (χ0n) is 17.8. The molecule has 0 radical (unpaired) electrons. The van der Waals surface area contributed by atoms with Crippen LogP contribution in [0.3, 0.4) is 0 Å². The monoisotopic (exact) mass is 428 g/mol. The summed E-state index contributed by atoms with van der Waals surface area (Å²) >= 11 is 0. The maximum absolute atomic E-state index is 12.9. The smallest absolute Gasteiger partial charge is 0.338 e. The van der Waals surface area contributed by atoms with Gasteiger partial charge in [0.2, 0.25) is 0 Å². The van der Waals surface area contributed by atoms with Gasteiger partial charge in [0.15, 0.2) is 6.10 Å². The maximum atomic E-state index is 12.9. The van der Waals surface area contributed by atoms with E-state index in [1.165, 1.54) is 11.8 Å². The molecule has 0 heterocycles. The SMILES string of the molecule is CC(OC(=O)c1ccc(COc2ccccc2)cc1)C(=O)N(CCC#N)c1ccccc1. The van der Waals surface area contributed by atoms with E-state index in [4.69, 9.17) is 14.7 Å². The zero-order chi connectivity index (χ0) is 22.8. The molecule has 0 aliphatic carbocycles. The van der Waals surface area contributed by atoms with Crippen LogP contribution in [0.1, 0.15) is 29.3 Å². The van der Waals surface area contributed by atoms with Gasteiger partial charge in [-0.2, -0.15) is 5.26 Å². The van der Waals surface area contributed by atoms with Crippen molar-refractivity contribution in [2.75, 3.05) is 11.4 Å². The molecule has 162 valence electrons. The van der Waals surface area contributed by atoms with Gasteiger partial charge in [-0.05, 0) is 48.9 Å². The molecule has 0 aromatic heterocycles. The highest BCUT2D eigenvalue weighted by molar-refractivity contribution is 5.99. The van der Waals surface area contributed by atoms with E-state index < -0.39 is 12.1 Å². The predicted molar refractivity (Wildman–Crippen MR) is 121 cm³/mol. The van der Waals surface area contributed by atoms with Crippen LogP contribution >= 0.6 is 0 Å². The number of nitriles is 1. The number of ether oxygens (including phenoxy) is 2. The number of carbonyl (C=O) groups excluding carboxylic acids is 2. The van der Waals surface area contributed by atoms with E-state index in [0.29, 0.717) is 17.9 Å². The van der Waals surface area contributed by atoms with Crippen LogP contribution in [0.15, 0.2) is 84.9 Å². The molecule has 0 saturated carbocycles. The van der Waals surface area contributed by atoms with Gasteiger partial charge in [0.25, 0.3) is 5.91 Å². The van der Waals surface area contributed by atoms with Crippen molar-refractivity contribution >= 4 is 17.6 Å². The van der Waals surface area contributed by atoms with E-state index in [-0.39, 0.29) is 18.9 Å². The van der Waals surface area contributed by atoms with E-state index in [2.05, 4.69) is 0 Å². The molecule has 32 heavy (non-hydrogen) atoms. The molecule has 1 unspecified atom stereocenters. The van der Waals surface area contributed by atoms with Gasteiger partial charge in [0, 0.05) is 12.2 Å². The normalized spacial score (nSPS) is 11.1. The highest BCUT2D eigenvalue weighted by Gasteiger charge is 2.25. The van der Waals surface area contributed by atoms with Gasteiger partial charge < -0.3 is 14.4 Å². The predicted octanol–water partition coefficient (Wildman–Crippen LogP) is 4.76. The summed E-state index contributed by atoms with van der Waals surface area (Å²) in [5.74, 6) is -0.204. The summed E-state index contributed by atoms with van der Waals surface area (Å²) in [4.78, 5) is 26.9. The molecule has 6 heteroatoms. The number of carbonyl (C=O) groups is 2. The average molecular weight is 428 g/mol. The summed E-state index contributed by atoms with van der Waals surface area (Å²) in [7, 11) is 0. The molecule has 6 nitrogen and oxygen atoms in total. The molecule has 0 aliphatic rings. The first kappa shape index (κ1) is 22.6. The van der Waals surface area contributed by atoms with Gasteiger partial charge in [-0.1, -0.05) is 48.5 Å². The van der Waals surface area contributed by atoms with Crippen molar-refractivity contribution in [2.45, 2.75) is 26.1 Å². The van der Waals surface area contributed by atoms with Crippen molar-refractivity contribution in [3.05, 3.63) is 96.1 Å². The minimum absolute atomic E-state index is 0.174. The third kappa shape index (κ3) is 6.19. The van der Waals surface area contributed by atoms with E-state index in [9.17, 15) is 9.59 Å². The van der Waals surface area contributed by atoms with E-state index in [1.54, 1.807) is 36.4 Å². The van der Waals surface area contributed by atoms with Crippen molar-refractivity contribution < 1.29 is 19.1 Å². The molecule has 3 rings (SSSR count). The highest BCUT2D eigenvalue weighted by atomic mass is 16.5. The lowest BCUT2D eigenvalue weighted by atomic mass is 10.1. The van der Waals surface area contributed by atoms with Crippen LogP contribution in [-0.4, -0.2) is 24.5 Å². The number of anilines is 1. The number of para-hydroxylation sites is 2. The summed E-state index contributed by atoms with van der Waals surface area (Å²) < 4.78 is 11.1. The van der Waals surface area contributed by atoms with Crippen molar-refractivity contribution in [3.63, 3.8) is 0 Å². The third-order valence-corrected chi connectivity index (χ3v) is 4.75.